The molecule has 0 bridgehead atoms. The summed E-state index contributed by atoms with van der Waals surface area (Å²) in [5, 5.41) is 10.8. The molecule has 0 saturated heterocycles. The number of oxime groups is 1. The zero-order valence-corrected chi connectivity index (χ0v) is 7.89. The fourth-order valence-corrected chi connectivity index (χ4v) is 0.277. The standard InChI is InChI=1S/C5H9NO2.H3O4P/c1-3-5(6-7)8-4-2;1-5(2,3)4/h3,7H,1,4H2,2H3;(H3,1,2,3,4). The molecule has 0 aliphatic carbocycles. The fraction of sp³-hybridized carbons (Fsp3) is 0.400. The van der Waals surface area contributed by atoms with Gasteiger partial charge >= 0.3 is 7.82 Å². The Hall–Kier alpha value is -0.880. The van der Waals surface area contributed by atoms with Crippen molar-refractivity contribution in [2.24, 2.45) is 5.16 Å². The first-order valence-corrected chi connectivity index (χ1v) is 4.67. The molecule has 78 valence electrons. The summed E-state index contributed by atoms with van der Waals surface area (Å²) in [6.45, 7) is 5.63. The van der Waals surface area contributed by atoms with Crippen molar-refractivity contribution < 1.29 is 29.2 Å². The Morgan fingerprint density at radius 2 is 2.00 bits per heavy atom. The van der Waals surface area contributed by atoms with Crippen molar-refractivity contribution >= 4 is 13.7 Å². The molecule has 0 aromatic carbocycles. The van der Waals surface area contributed by atoms with Gasteiger partial charge in [-0.3, -0.25) is 0 Å². The predicted molar refractivity (Wildman–Crippen MR) is 45.3 cm³/mol. The minimum absolute atomic E-state index is 0.160. The van der Waals surface area contributed by atoms with Crippen molar-refractivity contribution in [3.8, 4) is 0 Å². The van der Waals surface area contributed by atoms with Gasteiger partial charge in [0, 0.05) is 0 Å². The van der Waals surface area contributed by atoms with Gasteiger partial charge in [0.1, 0.15) is 0 Å². The van der Waals surface area contributed by atoms with Crippen molar-refractivity contribution in [3.63, 3.8) is 0 Å². The molecular weight excluding hydrogens is 201 g/mol. The van der Waals surface area contributed by atoms with Gasteiger partial charge in [-0.15, -0.1) is 0 Å². The zero-order chi connectivity index (χ0) is 10.9. The molecule has 0 unspecified atom stereocenters. The zero-order valence-electron chi connectivity index (χ0n) is 6.99. The Morgan fingerprint density at radius 3 is 2.08 bits per heavy atom. The molecule has 0 rings (SSSR count). The summed E-state index contributed by atoms with van der Waals surface area (Å²) < 4.78 is 13.6. The van der Waals surface area contributed by atoms with Crippen LogP contribution < -0.4 is 0 Å². The van der Waals surface area contributed by atoms with E-state index in [1.54, 1.807) is 6.92 Å². The summed E-state index contributed by atoms with van der Waals surface area (Å²) in [5.74, 6) is 0.160. The number of hydrogen-bond donors (Lipinski definition) is 4. The highest BCUT2D eigenvalue weighted by atomic mass is 31.2. The first-order valence-electron chi connectivity index (χ1n) is 3.10. The summed E-state index contributed by atoms with van der Waals surface area (Å²) in [6.07, 6.45) is 1.34. The van der Waals surface area contributed by atoms with Gasteiger partial charge in [0.2, 0.25) is 5.90 Å². The van der Waals surface area contributed by atoms with Gasteiger partial charge in [0.25, 0.3) is 0 Å². The van der Waals surface area contributed by atoms with E-state index < -0.39 is 7.82 Å². The first-order chi connectivity index (χ1) is 5.85. The van der Waals surface area contributed by atoms with Crippen LogP contribution in [0.15, 0.2) is 17.8 Å². The third-order valence-corrected chi connectivity index (χ3v) is 0.565. The minimum atomic E-state index is -4.64. The Kier molecular flexibility index (Phi) is 8.73. The second-order valence-corrected chi connectivity index (χ2v) is 2.62. The van der Waals surface area contributed by atoms with Crippen LogP contribution in [0.3, 0.4) is 0 Å². The summed E-state index contributed by atoms with van der Waals surface area (Å²) in [6, 6.07) is 0. The van der Waals surface area contributed by atoms with Crippen LogP contribution in [0, 0.1) is 0 Å². The van der Waals surface area contributed by atoms with Gasteiger partial charge in [-0.1, -0.05) is 6.58 Å². The van der Waals surface area contributed by atoms with Crippen LogP contribution >= 0.6 is 7.82 Å². The lowest BCUT2D eigenvalue weighted by atomic mass is 10.6. The molecule has 13 heavy (non-hydrogen) atoms. The van der Waals surface area contributed by atoms with Gasteiger partial charge < -0.3 is 24.6 Å². The summed E-state index contributed by atoms with van der Waals surface area (Å²) >= 11 is 0. The topological polar surface area (TPSA) is 120 Å². The molecule has 0 atom stereocenters. The fourth-order valence-electron chi connectivity index (χ4n) is 0.277. The summed E-state index contributed by atoms with van der Waals surface area (Å²) in [5.41, 5.74) is 0. The number of phosphoric acid groups is 1. The van der Waals surface area contributed by atoms with Crippen molar-refractivity contribution in [2.75, 3.05) is 6.61 Å². The van der Waals surface area contributed by atoms with Gasteiger partial charge in [-0.05, 0) is 18.2 Å². The van der Waals surface area contributed by atoms with E-state index in [1.165, 1.54) is 6.08 Å². The lowest BCUT2D eigenvalue weighted by molar-refractivity contribution is 0.267. The molecule has 8 heteroatoms. The highest BCUT2D eigenvalue weighted by Gasteiger charge is 2.00. The lowest BCUT2D eigenvalue weighted by Gasteiger charge is -1.95. The Balaban J connectivity index is 0. The molecule has 0 aromatic rings. The molecule has 0 aromatic heterocycles. The average molecular weight is 213 g/mol. The van der Waals surface area contributed by atoms with Gasteiger partial charge in [0.05, 0.1) is 6.61 Å². The largest absolute Gasteiger partial charge is 0.476 e. The van der Waals surface area contributed by atoms with E-state index in [1.807, 2.05) is 0 Å². The Labute approximate surface area is 75.2 Å². The highest BCUT2D eigenvalue weighted by Crippen LogP contribution is 2.25. The van der Waals surface area contributed by atoms with Crippen LogP contribution in [-0.2, 0) is 9.30 Å². The molecule has 4 N–H and O–H groups in total. The normalized spacial score (nSPS) is 11.2. The molecular formula is C5H12NO6P. The van der Waals surface area contributed by atoms with Crippen LogP contribution in [0.1, 0.15) is 6.92 Å². The highest BCUT2D eigenvalue weighted by molar-refractivity contribution is 7.45. The second-order valence-electron chi connectivity index (χ2n) is 1.59. The molecule has 0 spiro atoms. The molecule has 0 aliphatic heterocycles. The maximum atomic E-state index is 8.88. The molecule has 0 amide bonds. The van der Waals surface area contributed by atoms with E-state index in [2.05, 4.69) is 11.7 Å². The molecule has 0 aliphatic rings. The lowest BCUT2D eigenvalue weighted by Crippen LogP contribution is -1.98. The first kappa shape index (κ1) is 14.6. The summed E-state index contributed by atoms with van der Waals surface area (Å²) in [7, 11) is -4.64. The van der Waals surface area contributed by atoms with E-state index >= 15 is 0 Å². The molecule has 0 fully saturated rings. The van der Waals surface area contributed by atoms with Crippen molar-refractivity contribution in [3.05, 3.63) is 12.7 Å². The molecule has 0 radical (unpaired) electrons. The van der Waals surface area contributed by atoms with Gasteiger partial charge in [-0.2, -0.15) is 0 Å². The summed E-state index contributed by atoms with van der Waals surface area (Å²) in [4.78, 5) is 21.6. The maximum absolute atomic E-state index is 8.88. The molecule has 0 heterocycles. The SMILES string of the molecule is C=CC(=NO)OCC.O=P(O)(O)O. The average Bonchev–Trinajstić information content (AvgIpc) is 1.97. The van der Waals surface area contributed by atoms with E-state index in [4.69, 9.17) is 29.2 Å². The Bertz CT molecular complexity index is 201. The van der Waals surface area contributed by atoms with E-state index in [0.29, 0.717) is 6.61 Å². The van der Waals surface area contributed by atoms with Crippen LogP contribution in [0.4, 0.5) is 0 Å². The number of nitrogens with zero attached hydrogens (tertiary/aromatic N) is 1. The number of hydrogen-bond acceptors (Lipinski definition) is 4. The van der Waals surface area contributed by atoms with E-state index in [0.717, 1.165) is 0 Å². The number of rotatable bonds is 2. The van der Waals surface area contributed by atoms with Crippen molar-refractivity contribution in [2.45, 2.75) is 6.92 Å². The monoisotopic (exact) mass is 213 g/mol. The third kappa shape index (κ3) is 24.7. The smallest absolute Gasteiger partial charge is 0.466 e. The Morgan fingerprint density at radius 1 is 1.62 bits per heavy atom. The molecule has 0 saturated carbocycles. The minimum Gasteiger partial charge on any atom is -0.476 e. The van der Waals surface area contributed by atoms with Gasteiger partial charge in [0.15, 0.2) is 0 Å². The maximum Gasteiger partial charge on any atom is 0.466 e. The van der Waals surface area contributed by atoms with Crippen LogP contribution in [0.5, 0.6) is 0 Å². The van der Waals surface area contributed by atoms with Crippen LogP contribution in [0.2, 0.25) is 0 Å². The quantitative estimate of drug-likeness (QED) is 0.169. The predicted octanol–water partition coefficient (Wildman–Crippen LogP) is 0.0680. The van der Waals surface area contributed by atoms with Gasteiger partial charge in [-0.25, -0.2) is 4.57 Å². The van der Waals surface area contributed by atoms with Crippen molar-refractivity contribution in [1.82, 2.24) is 0 Å². The van der Waals surface area contributed by atoms with Crippen LogP contribution in [-0.4, -0.2) is 32.4 Å². The van der Waals surface area contributed by atoms with Crippen LogP contribution in [0.25, 0.3) is 0 Å². The second kappa shape index (κ2) is 7.75. The van der Waals surface area contributed by atoms with Crippen molar-refractivity contribution in [1.29, 1.82) is 0 Å². The number of ether oxygens (including phenoxy) is 1. The third-order valence-electron chi connectivity index (χ3n) is 0.565. The van der Waals surface area contributed by atoms with E-state index in [-0.39, 0.29) is 5.90 Å². The van der Waals surface area contributed by atoms with E-state index in [9.17, 15) is 0 Å². The molecule has 7 nitrogen and oxygen atoms in total.